The van der Waals surface area contributed by atoms with Gasteiger partial charge >= 0.3 is 5.97 Å². The van der Waals surface area contributed by atoms with Gasteiger partial charge in [-0.2, -0.15) is 0 Å². The molecule has 7 nitrogen and oxygen atoms in total. The van der Waals surface area contributed by atoms with Gasteiger partial charge in [0.25, 0.3) is 0 Å². The van der Waals surface area contributed by atoms with Gasteiger partial charge in [0.2, 0.25) is 5.16 Å². The third-order valence-corrected chi connectivity index (χ3v) is 3.11. The smallest absolute Gasteiger partial charge is 0.317 e. The first kappa shape index (κ1) is 12.9. The van der Waals surface area contributed by atoms with E-state index >= 15 is 0 Å². The zero-order valence-electron chi connectivity index (χ0n) is 8.91. The van der Waals surface area contributed by atoms with Crippen molar-refractivity contribution in [3.63, 3.8) is 0 Å². The molecule has 1 atom stereocenters. The molecule has 1 heterocycles. The molecule has 0 aromatic carbocycles. The molecule has 0 radical (unpaired) electrons. The lowest BCUT2D eigenvalue weighted by Gasteiger charge is -2.09. The Morgan fingerprint density at radius 3 is 2.94 bits per heavy atom. The van der Waals surface area contributed by atoms with Crippen LogP contribution in [0.15, 0.2) is 5.16 Å². The average Bonchev–Trinajstić information content (AvgIpc) is 2.65. The predicted molar refractivity (Wildman–Crippen MR) is 57.1 cm³/mol. The fourth-order valence-electron chi connectivity index (χ4n) is 1.14. The maximum atomic E-state index is 10.9. The molecular formula is C8H14N4O3S. The largest absolute Gasteiger partial charge is 0.480 e. The Hall–Kier alpha value is -1.15. The third-order valence-electron chi connectivity index (χ3n) is 1.88. The van der Waals surface area contributed by atoms with E-state index in [9.17, 15) is 4.79 Å². The standard InChI is InChI=1S/C8H14N4O3S/c1-2-3-6(7(14)15)16-8-9-10-11-12(8)4-5-13/h6,13H,2-5H2,1H3,(H,14,15). The molecule has 0 spiro atoms. The van der Waals surface area contributed by atoms with Crippen LogP contribution in [-0.2, 0) is 11.3 Å². The molecule has 1 aromatic rings. The number of nitrogens with zero attached hydrogens (tertiary/aromatic N) is 4. The summed E-state index contributed by atoms with van der Waals surface area (Å²) in [5, 5.41) is 28.5. The highest BCUT2D eigenvalue weighted by Gasteiger charge is 2.21. The number of hydrogen-bond acceptors (Lipinski definition) is 6. The van der Waals surface area contributed by atoms with Crippen LogP contribution in [0.2, 0.25) is 0 Å². The van der Waals surface area contributed by atoms with Crippen molar-refractivity contribution < 1.29 is 15.0 Å². The number of carboxylic acid groups (broad SMARTS) is 1. The Balaban J connectivity index is 2.68. The van der Waals surface area contributed by atoms with Crippen molar-refractivity contribution in [3.05, 3.63) is 0 Å². The Morgan fingerprint density at radius 1 is 1.62 bits per heavy atom. The molecule has 0 bridgehead atoms. The maximum Gasteiger partial charge on any atom is 0.317 e. The normalized spacial score (nSPS) is 12.6. The van der Waals surface area contributed by atoms with Gasteiger partial charge in [-0.1, -0.05) is 25.1 Å². The van der Waals surface area contributed by atoms with Crippen LogP contribution >= 0.6 is 11.8 Å². The lowest BCUT2D eigenvalue weighted by atomic mass is 10.2. The van der Waals surface area contributed by atoms with Crippen molar-refractivity contribution in [2.45, 2.75) is 36.7 Å². The molecule has 1 unspecified atom stereocenters. The summed E-state index contributed by atoms with van der Waals surface area (Å²) >= 11 is 1.11. The van der Waals surface area contributed by atoms with Gasteiger partial charge in [0, 0.05) is 0 Å². The van der Waals surface area contributed by atoms with E-state index in [4.69, 9.17) is 10.2 Å². The van der Waals surface area contributed by atoms with Crippen molar-refractivity contribution >= 4 is 17.7 Å². The van der Waals surface area contributed by atoms with Crippen LogP contribution in [0.25, 0.3) is 0 Å². The van der Waals surface area contributed by atoms with Crippen molar-refractivity contribution in [1.29, 1.82) is 0 Å². The Bertz CT molecular complexity index is 344. The number of tetrazole rings is 1. The number of thioether (sulfide) groups is 1. The van der Waals surface area contributed by atoms with Crippen LogP contribution in [-0.4, -0.2) is 48.2 Å². The summed E-state index contributed by atoms with van der Waals surface area (Å²) in [6.07, 6.45) is 1.34. The quantitative estimate of drug-likeness (QED) is 0.653. The molecule has 8 heteroatoms. The summed E-state index contributed by atoms with van der Waals surface area (Å²) in [5.74, 6) is -0.870. The van der Waals surface area contributed by atoms with Gasteiger partial charge in [-0.05, 0) is 16.8 Å². The first-order valence-electron chi connectivity index (χ1n) is 4.95. The van der Waals surface area contributed by atoms with E-state index in [0.29, 0.717) is 11.6 Å². The van der Waals surface area contributed by atoms with Gasteiger partial charge in [-0.3, -0.25) is 4.79 Å². The highest BCUT2D eigenvalue weighted by atomic mass is 32.2. The number of carboxylic acids is 1. The number of aromatic nitrogens is 4. The molecule has 0 aliphatic carbocycles. The number of rotatable bonds is 7. The van der Waals surface area contributed by atoms with Crippen LogP contribution < -0.4 is 0 Å². The summed E-state index contributed by atoms with van der Waals surface area (Å²) in [4.78, 5) is 10.9. The molecule has 90 valence electrons. The lowest BCUT2D eigenvalue weighted by Crippen LogP contribution is -2.17. The second-order valence-electron chi connectivity index (χ2n) is 3.14. The second kappa shape index (κ2) is 6.44. The van der Waals surface area contributed by atoms with Gasteiger partial charge in [0.1, 0.15) is 5.25 Å². The van der Waals surface area contributed by atoms with E-state index in [-0.39, 0.29) is 13.2 Å². The third kappa shape index (κ3) is 3.46. The second-order valence-corrected chi connectivity index (χ2v) is 4.31. The summed E-state index contributed by atoms with van der Waals surface area (Å²) in [6.45, 7) is 2.12. The number of carbonyl (C=O) groups is 1. The van der Waals surface area contributed by atoms with Gasteiger partial charge in [-0.25, -0.2) is 4.68 Å². The first-order valence-corrected chi connectivity index (χ1v) is 5.83. The molecule has 0 amide bonds. The average molecular weight is 246 g/mol. The van der Waals surface area contributed by atoms with E-state index in [2.05, 4.69) is 15.5 Å². The van der Waals surface area contributed by atoms with E-state index < -0.39 is 11.2 Å². The molecule has 16 heavy (non-hydrogen) atoms. The number of hydrogen-bond donors (Lipinski definition) is 2. The highest BCUT2D eigenvalue weighted by molar-refractivity contribution is 8.00. The minimum Gasteiger partial charge on any atom is -0.480 e. The maximum absolute atomic E-state index is 10.9. The molecule has 0 aliphatic heterocycles. The van der Waals surface area contributed by atoms with Crippen LogP contribution in [0, 0.1) is 0 Å². The van der Waals surface area contributed by atoms with E-state index in [0.717, 1.165) is 18.2 Å². The zero-order chi connectivity index (χ0) is 12.0. The minimum absolute atomic E-state index is 0.0793. The van der Waals surface area contributed by atoms with Gasteiger partial charge < -0.3 is 10.2 Å². The molecule has 2 N–H and O–H groups in total. The van der Waals surface area contributed by atoms with Gasteiger partial charge in [-0.15, -0.1) is 5.10 Å². The van der Waals surface area contributed by atoms with Crippen LogP contribution in [0.5, 0.6) is 0 Å². The Kier molecular flexibility index (Phi) is 5.20. The topological polar surface area (TPSA) is 101 Å². The molecular weight excluding hydrogens is 232 g/mol. The molecule has 0 saturated carbocycles. The summed E-state index contributed by atoms with van der Waals surface area (Å²) in [6, 6.07) is 0. The molecule has 1 aromatic heterocycles. The Labute approximate surface area is 96.8 Å². The minimum atomic E-state index is -0.870. The molecule has 0 saturated heterocycles. The zero-order valence-corrected chi connectivity index (χ0v) is 9.72. The highest BCUT2D eigenvalue weighted by Crippen LogP contribution is 2.23. The SMILES string of the molecule is CCCC(Sc1nnnn1CCO)C(=O)O. The summed E-state index contributed by atoms with van der Waals surface area (Å²) < 4.78 is 1.40. The van der Waals surface area contributed by atoms with Gasteiger partial charge in [0.05, 0.1) is 13.2 Å². The van der Waals surface area contributed by atoms with Crippen molar-refractivity contribution in [1.82, 2.24) is 20.2 Å². The van der Waals surface area contributed by atoms with Crippen molar-refractivity contribution in [2.24, 2.45) is 0 Å². The number of aliphatic hydroxyl groups is 1. The fourth-order valence-corrected chi connectivity index (χ4v) is 2.18. The molecule has 0 aliphatic rings. The monoisotopic (exact) mass is 246 g/mol. The number of aliphatic hydroxyl groups excluding tert-OH is 1. The number of aliphatic carboxylic acids is 1. The van der Waals surface area contributed by atoms with Crippen LogP contribution in [0.3, 0.4) is 0 Å². The predicted octanol–water partition coefficient (Wildman–Crippen LogP) is 0.0108. The van der Waals surface area contributed by atoms with E-state index in [1.807, 2.05) is 6.92 Å². The van der Waals surface area contributed by atoms with Crippen molar-refractivity contribution in [2.75, 3.05) is 6.61 Å². The first-order chi connectivity index (χ1) is 7.69. The summed E-state index contributed by atoms with van der Waals surface area (Å²) in [5.41, 5.74) is 0. The lowest BCUT2D eigenvalue weighted by molar-refractivity contribution is -0.136. The van der Waals surface area contributed by atoms with Crippen LogP contribution in [0.4, 0.5) is 0 Å². The summed E-state index contributed by atoms with van der Waals surface area (Å²) in [7, 11) is 0. The van der Waals surface area contributed by atoms with Crippen LogP contribution in [0.1, 0.15) is 19.8 Å². The van der Waals surface area contributed by atoms with E-state index in [1.165, 1.54) is 4.68 Å². The molecule has 1 rings (SSSR count). The Morgan fingerprint density at radius 2 is 2.38 bits per heavy atom. The molecule has 0 fully saturated rings. The van der Waals surface area contributed by atoms with Gasteiger partial charge in [0.15, 0.2) is 0 Å². The fraction of sp³-hybridized carbons (Fsp3) is 0.750. The van der Waals surface area contributed by atoms with E-state index in [1.54, 1.807) is 0 Å². The van der Waals surface area contributed by atoms with Crippen molar-refractivity contribution in [3.8, 4) is 0 Å².